The molecule has 0 saturated carbocycles. The largest absolute Gasteiger partial charge is 0.490 e. The van der Waals surface area contributed by atoms with E-state index in [-0.39, 0.29) is 6.61 Å². The minimum Gasteiger partial charge on any atom is -0.490 e. The van der Waals surface area contributed by atoms with Crippen molar-refractivity contribution in [1.29, 1.82) is 0 Å². The Kier molecular flexibility index (Phi) is 4.19. The molecule has 0 aromatic carbocycles. The first-order valence-electron chi connectivity index (χ1n) is 6.28. The maximum Gasteiger partial charge on any atom is 0.204 e. The molecule has 1 saturated heterocycles. The van der Waals surface area contributed by atoms with Crippen LogP contribution in [-0.4, -0.2) is 48.4 Å². The Labute approximate surface area is 107 Å². The third kappa shape index (κ3) is 2.48. The molecule has 2 rings (SSSR count). The summed E-state index contributed by atoms with van der Waals surface area (Å²) in [6, 6.07) is 0. The van der Waals surface area contributed by atoms with Gasteiger partial charge in [0.25, 0.3) is 0 Å². The fraction of sp³-hybridized carbons (Fsp3) is 0.667. The van der Waals surface area contributed by atoms with Crippen LogP contribution in [0.15, 0.2) is 6.33 Å². The number of aliphatic hydroxyl groups is 1. The molecule has 6 heteroatoms. The van der Waals surface area contributed by atoms with Gasteiger partial charge in [-0.2, -0.15) is 0 Å². The molecule has 1 aliphatic heterocycles. The minimum atomic E-state index is 0.226. The molecule has 1 atom stereocenters. The van der Waals surface area contributed by atoms with Crippen LogP contribution in [0.1, 0.15) is 13.3 Å². The highest BCUT2D eigenvalue weighted by atomic mass is 16.5. The highest BCUT2D eigenvalue weighted by molar-refractivity contribution is 5.65. The standard InChI is InChI=1S/C12H20N4O2/c1-3-13-11-10(18-2)12(15-8-14-11)16-5-4-9(6-16)7-17/h8-9,17H,3-7H2,1-2H3,(H,13,14,15). The second-order valence-corrected chi connectivity index (χ2v) is 4.39. The third-order valence-corrected chi connectivity index (χ3v) is 3.18. The van der Waals surface area contributed by atoms with E-state index in [0.717, 1.165) is 37.7 Å². The Morgan fingerprint density at radius 2 is 2.39 bits per heavy atom. The van der Waals surface area contributed by atoms with Crippen LogP contribution in [0, 0.1) is 5.92 Å². The molecule has 6 nitrogen and oxygen atoms in total. The van der Waals surface area contributed by atoms with Crippen molar-refractivity contribution in [2.24, 2.45) is 5.92 Å². The lowest BCUT2D eigenvalue weighted by Gasteiger charge is -2.21. The summed E-state index contributed by atoms with van der Waals surface area (Å²) < 4.78 is 5.42. The van der Waals surface area contributed by atoms with Gasteiger partial charge in [0.05, 0.1) is 7.11 Å². The Bertz CT molecular complexity index is 400. The first kappa shape index (κ1) is 12.9. The van der Waals surface area contributed by atoms with Crippen LogP contribution in [0.5, 0.6) is 5.75 Å². The Morgan fingerprint density at radius 3 is 3.00 bits per heavy atom. The fourth-order valence-electron chi connectivity index (χ4n) is 2.25. The molecular formula is C12H20N4O2. The average Bonchev–Trinajstić information content (AvgIpc) is 2.87. The van der Waals surface area contributed by atoms with Gasteiger partial charge in [-0.25, -0.2) is 9.97 Å². The lowest BCUT2D eigenvalue weighted by atomic mass is 10.1. The van der Waals surface area contributed by atoms with E-state index in [4.69, 9.17) is 4.74 Å². The van der Waals surface area contributed by atoms with Crippen LogP contribution in [0.25, 0.3) is 0 Å². The molecule has 100 valence electrons. The smallest absolute Gasteiger partial charge is 0.204 e. The average molecular weight is 252 g/mol. The minimum absolute atomic E-state index is 0.226. The zero-order chi connectivity index (χ0) is 13.0. The number of ether oxygens (including phenoxy) is 1. The Balaban J connectivity index is 2.24. The number of aliphatic hydroxyl groups excluding tert-OH is 1. The zero-order valence-electron chi connectivity index (χ0n) is 10.9. The molecule has 0 spiro atoms. The molecule has 2 N–H and O–H groups in total. The van der Waals surface area contributed by atoms with Gasteiger partial charge in [-0.3, -0.25) is 0 Å². The first-order chi connectivity index (χ1) is 8.80. The summed E-state index contributed by atoms with van der Waals surface area (Å²) >= 11 is 0. The van der Waals surface area contributed by atoms with Gasteiger partial charge in [-0.1, -0.05) is 0 Å². The van der Waals surface area contributed by atoms with Crippen molar-refractivity contribution >= 4 is 11.6 Å². The summed E-state index contributed by atoms with van der Waals surface area (Å²) in [5.41, 5.74) is 0. The van der Waals surface area contributed by atoms with E-state index in [1.807, 2.05) is 6.92 Å². The van der Waals surface area contributed by atoms with E-state index in [0.29, 0.717) is 11.7 Å². The molecule has 0 bridgehead atoms. The van der Waals surface area contributed by atoms with Gasteiger partial charge in [0.2, 0.25) is 5.75 Å². The van der Waals surface area contributed by atoms with E-state index >= 15 is 0 Å². The van der Waals surface area contributed by atoms with E-state index in [9.17, 15) is 5.11 Å². The van der Waals surface area contributed by atoms with Gasteiger partial charge in [0.15, 0.2) is 11.6 Å². The number of hydrogen-bond donors (Lipinski definition) is 2. The maximum atomic E-state index is 9.19. The molecule has 2 heterocycles. The summed E-state index contributed by atoms with van der Waals surface area (Å²) in [5.74, 6) is 2.53. The van der Waals surface area contributed by atoms with Gasteiger partial charge in [0, 0.05) is 32.2 Å². The zero-order valence-corrected chi connectivity index (χ0v) is 10.9. The van der Waals surface area contributed by atoms with E-state index in [2.05, 4.69) is 20.2 Å². The number of hydrogen-bond acceptors (Lipinski definition) is 6. The monoisotopic (exact) mass is 252 g/mol. The lowest BCUT2D eigenvalue weighted by molar-refractivity contribution is 0.238. The van der Waals surface area contributed by atoms with Gasteiger partial charge in [-0.05, 0) is 13.3 Å². The van der Waals surface area contributed by atoms with Crippen molar-refractivity contribution in [3.8, 4) is 5.75 Å². The quantitative estimate of drug-likeness (QED) is 0.805. The molecule has 1 fully saturated rings. The molecule has 0 radical (unpaired) electrons. The molecule has 1 aromatic heterocycles. The predicted molar refractivity (Wildman–Crippen MR) is 70.2 cm³/mol. The van der Waals surface area contributed by atoms with Crippen LogP contribution in [-0.2, 0) is 0 Å². The first-order valence-corrected chi connectivity index (χ1v) is 6.28. The maximum absolute atomic E-state index is 9.19. The molecule has 0 amide bonds. The number of methoxy groups -OCH3 is 1. The van der Waals surface area contributed by atoms with Gasteiger partial charge in [-0.15, -0.1) is 0 Å². The summed E-state index contributed by atoms with van der Waals surface area (Å²) in [4.78, 5) is 10.6. The summed E-state index contributed by atoms with van der Waals surface area (Å²) in [7, 11) is 1.63. The molecular weight excluding hydrogens is 232 g/mol. The molecule has 18 heavy (non-hydrogen) atoms. The molecule has 1 unspecified atom stereocenters. The second kappa shape index (κ2) is 5.86. The van der Waals surface area contributed by atoms with E-state index in [1.54, 1.807) is 13.4 Å². The van der Waals surface area contributed by atoms with E-state index < -0.39 is 0 Å². The Morgan fingerprint density at radius 1 is 1.56 bits per heavy atom. The van der Waals surface area contributed by atoms with Crippen molar-refractivity contribution < 1.29 is 9.84 Å². The Hall–Kier alpha value is -1.56. The van der Waals surface area contributed by atoms with Crippen molar-refractivity contribution in [2.45, 2.75) is 13.3 Å². The number of nitrogens with one attached hydrogen (secondary N) is 1. The van der Waals surface area contributed by atoms with Crippen LogP contribution < -0.4 is 15.0 Å². The van der Waals surface area contributed by atoms with Crippen molar-refractivity contribution in [3.63, 3.8) is 0 Å². The van der Waals surface area contributed by atoms with Crippen molar-refractivity contribution in [2.75, 3.05) is 43.6 Å². The van der Waals surface area contributed by atoms with Crippen molar-refractivity contribution in [1.82, 2.24) is 9.97 Å². The number of aromatic nitrogens is 2. The van der Waals surface area contributed by atoms with Crippen LogP contribution >= 0.6 is 0 Å². The number of anilines is 2. The number of nitrogens with zero attached hydrogens (tertiary/aromatic N) is 3. The topological polar surface area (TPSA) is 70.5 Å². The van der Waals surface area contributed by atoms with Crippen LogP contribution in [0.4, 0.5) is 11.6 Å². The lowest BCUT2D eigenvalue weighted by Crippen LogP contribution is -2.23. The van der Waals surface area contributed by atoms with Crippen LogP contribution in [0.2, 0.25) is 0 Å². The summed E-state index contributed by atoms with van der Waals surface area (Å²) in [6.45, 7) is 4.73. The SMILES string of the molecule is CCNc1ncnc(N2CCC(CO)C2)c1OC. The summed E-state index contributed by atoms with van der Waals surface area (Å²) in [5, 5.41) is 12.4. The van der Waals surface area contributed by atoms with Crippen molar-refractivity contribution in [3.05, 3.63) is 6.33 Å². The van der Waals surface area contributed by atoms with Gasteiger partial charge in [0.1, 0.15) is 6.33 Å². The summed E-state index contributed by atoms with van der Waals surface area (Å²) in [6.07, 6.45) is 2.53. The fourth-order valence-corrected chi connectivity index (χ4v) is 2.25. The normalized spacial score (nSPS) is 19.1. The highest BCUT2D eigenvalue weighted by Crippen LogP contribution is 2.34. The molecule has 1 aromatic rings. The molecule has 0 aliphatic carbocycles. The highest BCUT2D eigenvalue weighted by Gasteiger charge is 2.26. The predicted octanol–water partition coefficient (Wildman–Crippen LogP) is 0.736. The molecule has 1 aliphatic rings. The second-order valence-electron chi connectivity index (χ2n) is 4.39. The third-order valence-electron chi connectivity index (χ3n) is 3.18. The van der Waals surface area contributed by atoms with Gasteiger partial charge >= 0.3 is 0 Å². The van der Waals surface area contributed by atoms with Gasteiger partial charge < -0.3 is 20.1 Å². The van der Waals surface area contributed by atoms with E-state index in [1.165, 1.54) is 0 Å². The van der Waals surface area contributed by atoms with Crippen LogP contribution in [0.3, 0.4) is 0 Å². The number of rotatable bonds is 5.